The van der Waals surface area contributed by atoms with Gasteiger partial charge in [-0.05, 0) is 42.4 Å². The number of amides is 1. The molecule has 0 aliphatic heterocycles. The number of nitrogens with one attached hydrogen (secondary N) is 1. The molecule has 5 nitrogen and oxygen atoms in total. The summed E-state index contributed by atoms with van der Waals surface area (Å²) >= 11 is 1.44. The normalized spacial score (nSPS) is 11.4. The van der Waals surface area contributed by atoms with Crippen LogP contribution in [0.3, 0.4) is 0 Å². The van der Waals surface area contributed by atoms with Gasteiger partial charge in [-0.15, -0.1) is 10.2 Å². The van der Waals surface area contributed by atoms with Crippen molar-refractivity contribution in [2.45, 2.75) is 65.2 Å². The Hall–Kier alpha value is -1.95. The van der Waals surface area contributed by atoms with Crippen LogP contribution in [0.5, 0.6) is 5.75 Å². The van der Waals surface area contributed by atoms with Gasteiger partial charge >= 0.3 is 0 Å². The molecule has 1 heterocycles. The van der Waals surface area contributed by atoms with Crippen molar-refractivity contribution in [3.05, 3.63) is 34.8 Å². The van der Waals surface area contributed by atoms with E-state index in [2.05, 4.69) is 55.3 Å². The lowest BCUT2D eigenvalue weighted by Crippen LogP contribution is -2.15. The van der Waals surface area contributed by atoms with Gasteiger partial charge in [-0.25, -0.2) is 0 Å². The zero-order chi connectivity index (χ0) is 19.0. The molecule has 0 atom stereocenters. The molecule has 2 rings (SSSR count). The molecular formula is C20H29N3O2S. The predicted molar refractivity (Wildman–Crippen MR) is 107 cm³/mol. The monoisotopic (exact) mass is 375 g/mol. The van der Waals surface area contributed by atoms with Crippen LogP contribution < -0.4 is 10.1 Å². The molecule has 1 aromatic carbocycles. The van der Waals surface area contributed by atoms with E-state index >= 15 is 0 Å². The number of ether oxygens (including phenoxy) is 1. The number of aromatic nitrogens is 2. The molecule has 0 fully saturated rings. The molecule has 0 aliphatic rings. The molecule has 1 N–H and O–H groups in total. The lowest BCUT2D eigenvalue weighted by Gasteiger charge is -2.23. The van der Waals surface area contributed by atoms with E-state index in [-0.39, 0.29) is 11.3 Å². The maximum atomic E-state index is 12.0. The van der Waals surface area contributed by atoms with E-state index < -0.39 is 0 Å². The molecule has 0 spiro atoms. The van der Waals surface area contributed by atoms with Crippen molar-refractivity contribution >= 4 is 22.4 Å². The highest BCUT2D eigenvalue weighted by Gasteiger charge is 2.17. The number of hydrogen-bond donors (Lipinski definition) is 1. The SMILES string of the molecule is CCCc1nnc(NC(=O)CCCOc2ccc(C(C)(C)CC)cc2)s1. The first-order valence-corrected chi connectivity index (χ1v) is 10.1. The molecule has 142 valence electrons. The fourth-order valence-electron chi connectivity index (χ4n) is 2.43. The minimum atomic E-state index is -0.0483. The summed E-state index contributed by atoms with van der Waals surface area (Å²) in [6.45, 7) is 9.29. The molecule has 0 saturated carbocycles. The first-order valence-electron chi connectivity index (χ1n) is 9.30. The van der Waals surface area contributed by atoms with Crippen LogP contribution >= 0.6 is 11.3 Å². The Bertz CT molecular complexity index is 695. The fourth-order valence-corrected chi connectivity index (χ4v) is 3.29. The molecule has 0 saturated heterocycles. The molecule has 1 amide bonds. The highest BCUT2D eigenvalue weighted by molar-refractivity contribution is 7.15. The average Bonchev–Trinajstić information content (AvgIpc) is 3.06. The first-order chi connectivity index (χ1) is 12.4. The smallest absolute Gasteiger partial charge is 0.226 e. The number of anilines is 1. The van der Waals surface area contributed by atoms with E-state index in [9.17, 15) is 4.79 Å². The summed E-state index contributed by atoms with van der Waals surface area (Å²) in [5, 5.41) is 12.4. The number of benzene rings is 1. The Balaban J connectivity index is 1.70. The van der Waals surface area contributed by atoms with Crippen LogP contribution in [0.1, 0.15) is 63.9 Å². The van der Waals surface area contributed by atoms with Crippen molar-refractivity contribution < 1.29 is 9.53 Å². The summed E-state index contributed by atoms with van der Waals surface area (Å²) in [4.78, 5) is 12.0. The molecule has 0 radical (unpaired) electrons. The van der Waals surface area contributed by atoms with E-state index in [4.69, 9.17) is 4.74 Å². The third-order valence-electron chi connectivity index (χ3n) is 4.51. The van der Waals surface area contributed by atoms with Crippen molar-refractivity contribution in [1.29, 1.82) is 0 Å². The lowest BCUT2D eigenvalue weighted by molar-refractivity contribution is -0.116. The summed E-state index contributed by atoms with van der Waals surface area (Å²) in [6.07, 6.45) is 4.08. The van der Waals surface area contributed by atoms with E-state index in [1.165, 1.54) is 16.9 Å². The van der Waals surface area contributed by atoms with Gasteiger partial charge in [-0.2, -0.15) is 0 Å². The van der Waals surface area contributed by atoms with Gasteiger partial charge in [0.1, 0.15) is 10.8 Å². The van der Waals surface area contributed by atoms with Crippen molar-refractivity contribution in [2.24, 2.45) is 0 Å². The van der Waals surface area contributed by atoms with Gasteiger partial charge in [0.2, 0.25) is 11.0 Å². The zero-order valence-corrected chi connectivity index (χ0v) is 17.0. The van der Waals surface area contributed by atoms with Crippen LogP contribution in [-0.4, -0.2) is 22.7 Å². The van der Waals surface area contributed by atoms with Gasteiger partial charge in [0.15, 0.2) is 0 Å². The predicted octanol–water partition coefficient (Wildman–Crippen LogP) is 4.98. The van der Waals surface area contributed by atoms with E-state index in [1.807, 2.05) is 12.1 Å². The van der Waals surface area contributed by atoms with Crippen molar-refractivity contribution in [3.63, 3.8) is 0 Å². The Labute approximate surface area is 160 Å². The maximum absolute atomic E-state index is 12.0. The summed E-state index contributed by atoms with van der Waals surface area (Å²) < 4.78 is 5.74. The van der Waals surface area contributed by atoms with Crippen molar-refractivity contribution in [2.75, 3.05) is 11.9 Å². The Morgan fingerprint density at radius 1 is 1.19 bits per heavy atom. The van der Waals surface area contributed by atoms with Gasteiger partial charge in [0.25, 0.3) is 0 Å². The Kier molecular flexibility index (Phi) is 7.57. The summed E-state index contributed by atoms with van der Waals surface area (Å²) in [6, 6.07) is 8.25. The topological polar surface area (TPSA) is 64.1 Å². The fraction of sp³-hybridized carbons (Fsp3) is 0.550. The van der Waals surface area contributed by atoms with Crippen molar-refractivity contribution in [1.82, 2.24) is 10.2 Å². The van der Waals surface area contributed by atoms with Gasteiger partial charge < -0.3 is 10.1 Å². The average molecular weight is 376 g/mol. The highest BCUT2D eigenvalue weighted by Crippen LogP contribution is 2.28. The third-order valence-corrected chi connectivity index (χ3v) is 5.41. The maximum Gasteiger partial charge on any atom is 0.226 e. The van der Waals surface area contributed by atoms with Crippen LogP contribution in [0, 0.1) is 0 Å². The zero-order valence-electron chi connectivity index (χ0n) is 16.2. The number of carbonyl (C=O) groups excluding carboxylic acids is 1. The molecule has 26 heavy (non-hydrogen) atoms. The molecule has 0 bridgehead atoms. The highest BCUT2D eigenvalue weighted by atomic mass is 32.1. The number of carbonyl (C=O) groups is 1. The minimum Gasteiger partial charge on any atom is -0.494 e. The van der Waals surface area contributed by atoms with E-state index in [0.717, 1.165) is 30.0 Å². The first kappa shape index (κ1) is 20.4. The number of hydrogen-bond acceptors (Lipinski definition) is 5. The molecule has 1 aromatic heterocycles. The van der Waals surface area contributed by atoms with Gasteiger partial charge in [-0.1, -0.05) is 51.2 Å². The van der Waals surface area contributed by atoms with Gasteiger partial charge in [0.05, 0.1) is 6.61 Å². The lowest BCUT2D eigenvalue weighted by atomic mass is 9.82. The van der Waals surface area contributed by atoms with Crippen LogP contribution in [0.25, 0.3) is 0 Å². The second-order valence-corrected chi connectivity index (χ2v) is 8.08. The van der Waals surface area contributed by atoms with Gasteiger partial charge in [0, 0.05) is 12.8 Å². The second kappa shape index (κ2) is 9.67. The molecule has 0 aliphatic carbocycles. The van der Waals surface area contributed by atoms with Gasteiger partial charge in [-0.3, -0.25) is 4.79 Å². The number of rotatable bonds is 10. The van der Waals surface area contributed by atoms with E-state index in [1.54, 1.807) is 0 Å². The standard InChI is InChI=1S/C20H29N3O2S/c1-5-8-18-22-23-19(26-18)21-17(24)9-7-14-25-16-12-10-15(11-13-16)20(3,4)6-2/h10-13H,5-9,14H2,1-4H3,(H,21,23,24). The van der Waals surface area contributed by atoms with Crippen molar-refractivity contribution in [3.8, 4) is 5.75 Å². The molecule has 2 aromatic rings. The third kappa shape index (κ3) is 6.09. The number of nitrogens with zero attached hydrogens (tertiary/aromatic N) is 2. The minimum absolute atomic E-state index is 0.0483. The molecular weight excluding hydrogens is 346 g/mol. The summed E-state index contributed by atoms with van der Waals surface area (Å²) in [5.74, 6) is 0.794. The summed E-state index contributed by atoms with van der Waals surface area (Å²) in [7, 11) is 0. The Morgan fingerprint density at radius 2 is 1.92 bits per heavy atom. The molecule has 6 heteroatoms. The van der Waals surface area contributed by atoms with Crippen LogP contribution in [0.2, 0.25) is 0 Å². The van der Waals surface area contributed by atoms with Crippen LogP contribution in [0.4, 0.5) is 5.13 Å². The second-order valence-electron chi connectivity index (χ2n) is 7.01. The Morgan fingerprint density at radius 3 is 2.58 bits per heavy atom. The van der Waals surface area contributed by atoms with Crippen LogP contribution in [-0.2, 0) is 16.6 Å². The summed E-state index contributed by atoms with van der Waals surface area (Å²) in [5.41, 5.74) is 1.49. The molecule has 0 unspecified atom stereocenters. The number of aryl methyl sites for hydroxylation is 1. The largest absolute Gasteiger partial charge is 0.494 e. The van der Waals surface area contributed by atoms with E-state index in [0.29, 0.717) is 24.6 Å². The quantitative estimate of drug-likeness (QED) is 0.595. The van der Waals surface area contributed by atoms with Crippen LogP contribution in [0.15, 0.2) is 24.3 Å².